The Morgan fingerprint density at radius 1 is 1.00 bits per heavy atom. The smallest absolute Gasteiger partial charge is 0.179 e. The molecule has 0 aliphatic carbocycles. The third kappa shape index (κ3) is 3.08. The SMILES string of the molecule is CS(=O)(=O)c1ccccc1Oc1ccc(F)c(F)c1. The van der Waals surface area contributed by atoms with Crippen molar-refractivity contribution in [2.45, 2.75) is 4.90 Å². The fourth-order valence-electron chi connectivity index (χ4n) is 1.51. The van der Waals surface area contributed by atoms with E-state index in [0.29, 0.717) is 0 Å². The zero-order valence-corrected chi connectivity index (χ0v) is 10.7. The lowest BCUT2D eigenvalue weighted by Crippen LogP contribution is -2.00. The minimum atomic E-state index is -3.46. The molecule has 0 spiro atoms. The van der Waals surface area contributed by atoms with Crippen LogP contribution in [0.15, 0.2) is 47.4 Å². The number of benzene rings is 2. The molecule has 0 N–H and O–H groups in total. The third-order valence-electron chi connectivity index (χ3n) is 2.37. The summed E-state index contributed by atoms with van der Waals surface area (Å²) in [6.45, 7) is 0. The lowest BCUT2D eigenvalue weighted by molar-refractivity contribution is 0.451. The van der Waals surface area contributed by atoms with Crippen LogP contribution in [0.5, 0.6) is 11.5 Å². The summed E-state index contributed by atoms with van der Waals surface area (Å²) in [4.78, 5) is -0.0141. The van der Waals surface area contributed by atoms with E-state index >= 15 is 0 Å². The number of hydrogen-bond donors (Lipinski definition) is 0. The van der Waals surface area contributed by atoms with Crippen LogP contribution in [-0.4, -0.2) is 14.7 Å². The summed E-state index contributed by atoms with van der Waals surface area (Å²) in [5, 5.41) is 0. The molecule has 0 bridgehead atoms. The van der Waals surface area contributed by atoms with Crippen LogP contribution in [0.25, 0.3) is 0 Å². The molecular formula is C13H10F2O3S. The Bertz CT molecular complexity index is 712. The number of sulfone groups is 1. The molecule has 0 heterocycles. The second-order valence-electron chi connectivity index (χ2n) is 3.90. The first-order valence-electron chi connectivity index (χ1n) is 5.30. The minimum absolute atomic E-state index is 0.0141. The van der Waals surface area contributed by atoms with Gasteiger partial charge in [-0.1, -0.05) is 12.1 Å². The molecule has 0 amide bonds. The standard InChI is InChI=1S/C13H10F2O3S/c1-19(16,17)13-5-3-2-4-12(13)18-9-6-7-10(14)11(15)8-9/h2-8H,1H3. The molecular weight excluding hydrogens is 274 g/mol. The number of ether oxygens (including phenoxy) is 1. The van der Waals surface area contributed by atoms with Crippen molar-refractivity contribution in [1.29, 1.82) is 0 Å². The van der Waals surface area contributed by atoms with Crippen molar-refractivity contribution in [3.63, 3.8) is 0 Å². The van der Waals surface area contributed by atoms with Crippen LogP contribution in [0.4, 0.5) is 8.78 Å². The molecule has 0 saturated heterocycles. The average molecular weight is 284 g/mol. The molecule has 3 nitrogen and oxygen atoms in total. The van der Waals surface area contributed by atoms with Crippen LogP contribution < -0.4 is 4.74 Å². The molecule has 0 aliphatic heterocycles. The van der Waals surface area contributed by atoms with Crippen molar-refractivity contribution in [2.24, 2.45) is 0 Å². The van der Waals surface area contributed by atoms with Gasteiger partial charge in [0.1, 0.15) is 16.4 Å². The van der Waals surface area contributed by atoms with E-state index in [0.717, 1.165) is 18.4 Å². The highest BCUT2D eigenvalue weighted by molar-refractivity contribution is 7.90. The summed E-state index contributed by atoms with van der Waals surface area (Å²) < 4.78 is 54.2. The van der Waals surface area contributed by atoms with Gasteiger partial charge in [0.25, 0.3) is 0 Å². The van der Waals surface area contributed by atoms with E-state index in [-0.39, 0.29) is 16.4 Å². The van der Waals surface area contributed by atoms with Gasteiger partial charge in [-0.15, -0.1) is 0 Å². The molecule has 2 aromatic rings. The van der Waals surface area contributed by atoms with Gasteiger partial charge in [-0.05, 0) is 24.3 Å². The van der Waals surface area contributed by atoms with Gasteiger partial charge >= 0.3 is 0 Å². The Hall–Kier alpha value is -1.95. The van der Waals surface area contributed by atoms with Gasteiger partial charge in [-0.3, -0.25) is 0 Å². The Balaban J connectivity index is 2.41. The second-order valence-corrected chi connectivity index (χ2v) is 5.88. The highest BCUT2D eigenvalue weighted by atomic mass is 32.2. The molecule has 2 rings (SSSR count). The minimum Gasteiger partial charge on any atom is -0.456 e. The van der Waals surface area contributed by atoms with Crippen molar-refractivity contribution >= 4 is 9.84 Å². The van der Waals surface area contributed by atoms with Crippen molar-refractivity contribution in [2.75, 3.05) is 6.26 Å². The summed E-state index contributed by atoms with van der Waals surface area (Å²) in [7, 11) is -3.46. The first-order valence-corrected chi connectivity index (χ1v) is 7.19. The maximum absolute atomic E-state index is 13.0. The summed E-state index contributed by atoms with van der Waals surface area (Å²) in [5.41, 5.74) is 0. The van der Waals surface area contributed by atoms with E-state index in [1.807, 2.05) is 0 Å². The number of halogens is 2. The van der Waals surface area contributed by atoms with E-state index in [4.69, 9.17) is 4.74 Å². The molecule has 0 saturated carbocycles. The highest BCUT2D eigenvalue weighted by Crippen LogP contribution is 2.29. The van der Waals surface area contributed by atoms with Gasteiger partial charge < -0.3 is 4.74 Å². The van der Waals surface area contributed by atoms with Crippen LogP contribution in [0.3, 0.4) is 0 Å². The molecule has 100 valence electrons. The van der Waals surface area contributed by atoms with Crippen LogP contribution >= 0.6 is 0 Å². The molecule has 19 heavy (non-hydrogen) atoms. The molecule has 0 aliphatic rings. The van der Waals surface area contributed by atoms with E-state index in [1.54, 1.807) is 12.1 Å². The van der Waals surface area contributed by atoms with E-state index in [1.165, 1.54) is 18.2 Å². The van der Waals surface area contributed by atoms with Crippen molar-refractivity contribution in [3.05, 3.63) is 54.1 Å². The van der Waals surface area contributed by atoms with Crippen molar-refractivity contribution in [1.82, 2.24) is 0 Å². The van der Waals surface area contributed by atoms with Crippen LogP contribution in [0, 0.1) is 11.6 Å². The summed E-state index contributed by atoms with van der Waals surface area (Å²) in [5.74, 6) is -1.97. The maximum atomic E-state index is 13.0. The molecule has 0 radical (unpaired) electrons. The Morgan fingerprint density at radius 3 is 2.32 bits per heavy atom. The predicted molar refractivity (Wildman–Crippen MR) is 66.0 cm³/mol. The van der Waals surface area contributed by atoms with Crippen LogP contribution in [0.2, 0.25) is 0 Å². The number of rotatable bonds is 3. The van der Waals surface area contributed by atoms with E-state index in [2.05, 4.69) is 0 Å². The van der Waals surface area contributed by atoms with Gasteiger partial charge in [0, 0.05) is 12.3 Å². The van der Waals surface area contributed by atoms with E-state index < -0.39 is 21.5 Å². The third-order valence-corrected chi connectivity index (χ3v) is 3.50. The highest BCUT2D eigenvalue weighted by Gasteiger charge is 2.14. The second kappa shape index (κ2) is 4.97. The Kier molecular flexibility index (Phi) is 3.53. The molecule has 2 aromatic carbocycles. The maximum Gasteiger partial charge on any atom is 0.179 e. The molecule has 0 aromatic heterocycles. The molecule has 6 heteroatoms. The monoisotopic (exact) mass is 284 g/mol. The predicted octanol–water partition coefficient (Wildman–Crippen LogP) is 3.16. The first-order chi connectivity index (χ1) is 8.88. The fraction of sp³-hybridized carbons (Fsp3) is 0.0769. The molecule has 0 atom stereocenters. The topological polar surface area (TPSA) is 43.4 Å². The first kappa shape index (κ1) is 13.5. The summed E-state index contributed by atoms with van der Waals surface area (Å²) >= 11 is 0. The zero-order chi connectivity index (χ0) is 14.0. The summed E-state index contributed by atoms with van der Waals surface area (Å²) in [6.07, 6.45) is 1.04. The Labute approximate surface area is 109 Å². The lowest BCUT2D eigenvalue weighted by Gasteiger charge is -2.09. The normalized spacial score (nSPS) is 11.3. The van der Waals surface area contributed by atoms with Gasteiger partial charge in [0.15, 0.2) is 21.5 Å². The van der Waals surface area contributed by atoms with Gasteiger partial charge in [-0.2, -0.15) is 0 Å². The largest absolute Gasteiger partial charge is 0.456 e. The van der Waals surface area contributed by atoms with Crippen LogP contribution in [0.1, 0.15) is 0 Å². The van der Waals surface area contributed by atoms with E-state index in [9.17, 15) is 17.2 Å². The van der Waals surface area contributed by atoms with Gasteiger partial charge in [-0.25, -0.2) is 17.2 Å². The lowest BCUT2D eigenvalue weighted by atomic mass is 10.3. The average Bonchev–Trinajstić information content (AvgIpc) is 2.33. The van der Waals surface area contributed by atoms with Crippen molar-refractivity contribution < 1.29 is 21.9 Å². The van der Waals surface area contributed by atoms with Gasteiger partial charge in [0.05, 0.1) is 0 Å². The number of para-hydroxylation sites is 1. The van der Waals surface area contributed by atoms with Gasteiger partial charge in [0.2, 0.25) is 0 Å². The zero-order valence-electron chi connectivity index (χ0n) is 9.93. The fourth-order valence-corrected chi connectivity index (χ4v) is 2.31. The van der Waals surface area contributed by atoms with Crippen molar-refractivity contribution in [3.8, 4) is 11.5 Å². The quantitative estimate of drug-likeness (QED) is 0.869. The molecule has 0 unspecified atom stereocenters. The molecule has 0 fully saturated rings. The van der Waals surface area contributed by atoms with Crippen LogP contribution in [-0.2, 0) is 9.84 Å². The number of hydrogen-bond acceptors (Lipinski definition) is 3. The summed E-state index contributed by atoms with van der Waals surface area (Å²) in [6, 6.07) is 8.94. The Morgan fingerprint density at radius 2 is 1.68 bits per heavy atom.